The molecule has 0 spiro atoms. The van der Waals surface area contributed by atoms with Crippen molar-refractivity contribution in [2.45, 2.75) is 33.2 Å². The largest absolute Gasteiger partial charge is 0.493 e. The predicted molar refractivity (Wildman–Crippen MR) is 120 cm³/mol. The second-order valence-corrected chi connectivity index (χ2v) is 7.91. The molecule has 0 saturated heterocycles. The zero-order valence-corrected chi connectivity index (χ0v) is 19.3. The number of fused-ring (bicyclic) bond motifs is 1. The molecule has 7 nitrogen and oxygen atoms in total. The fraction of sp³-hybridized carbons (Fsp3) is 0.440. The Kier molecular flexibility index (Phi) is 7.62. The average Bonchev–Trinajstić information content (AvgIpc) is 2.81. The van der Waals surface area contributed by atoms with Crippen molar-refractivity contribution in [1.82, 2.24) is 4.90 Å². The standard InChI is InChI=1S/C25H31NO6/c1-6-31-25(28)17-7-9-19(10-8-17)32-15-21-20-14-23(30-5)22(29-4)13-18(20)11-12-26(21)24(27)16(2)3/h7-10,13-14,16,21H,6,11-12,15H2,1-5H3/t21-/m0/s1. The van der Waals surface area contributed by atoms with Crippen LogP contribution in [0.2, 0.25) is 0 Å². The minimum absolute atomic E-state index is 0.0803. The van der Waals surface area contributed by atoms with E-state index in [1.54, 1.807) is 45.4 Å². The Morgan fingerprint density at radius 2 is 1.72 bits per heavy atom. The monoisotopic (exact) mass is 441 g/mol. The third kappa shape index (κ3) is 4.98. The van der Waals surface area contributed by atoms with Gasteiger partial charge in [0.05, 0.1) is 32.4 Å². The van der Waals surface area contributed by atoms with Gasteiger partial charge in [-0.1, -0.05) is 13.8 Å². The lowest BCUT2D eigenvalue weighted by Crippen LogP contribution is -2.44. The summed E-state index contributed by atoms with van der Waals surface area (Å²) < 4.78 is 22.0. The lowest BCUT2D eigenvalue weighted by molar-refractivity contribution is -0.138. The summed E-state index contributed by atoms with van der Waals surface area (Å²) in [5, 5.41) is 0. The number of carbonyl (C=O) groups is 2. The SMILES string of the molecule is CCOC(=O)c1ccc(OC[C@H]2c3cc(OC)c(OC)cc3CCN2C(=O)C(C)C)cc1. The summed E-state index contributed by atoms with van der Waals surface area (Å²) in [4.78, 5) is 26.7. The van der Waals surface area contributed by atoms with Gasteiger partial charge in [0.15, 0.2) is 11.5 Å². The molecule has 32 heavy (non-hydrogen) atoms. The van der Waals surface area contributed by atoms with Crippen molar-refractivity contribution < 1.29 is 28.5 Å². The van der Waals surface area contributed by atoms with Gasteiger partial charge < -0.3 is 23.8 Å². The molecule has 1 heterocycles. The average molecular weight is 442 g/mol. The normalized spacial score (nSPS) is 15.2. The molecule has 1 aliphatic rings. The van der Waals surface area contributed by atoms with Gasteiger partial charge in [-0.2, -0.15) is 0 Å². The van der Waals surface area contributed by atoms with Gasteiger partial charge in [0, 0.05) is 12.5 Å². The van der Waals surface area contributed by atoms with E-state index in [1.807, 2.05) is 30.9 Å². The fourth-order valence-corrected chi connectivity index (χ4v) is 3.88. The summed E-state index contributed by atoms with van der Waals surface area (Å²) in [6.45, 7) is 6.78. The van der Waals surface area contributed by atoms with E-state index in [0.29, 0.717) is 36.0 Å². The number of nitrogens with zero attached hydrogens (tertiary/aromatic N) is 1. The Morgan fingerprint density at radius 1 is 1.06 bits per heavy atom. The first-order chi connectivity index (χ1) is 15.4. The van der Waals surface area contributed by atoms with Crippen LogP contribution < -0.4 is 14.2 Å². The van der Waals surface area contributed by atoms with Gasteiger partial charge in [-0.05, 0) is 60.9 Å². The highest BCUT2D eigenvalue weighted by Crippen LogP contribution is 2.39. The summed E-state index contributed by atoms with van der Waals surface area (Å²) in [5.41, 5.74) is 2.57. The van der Waals surface area contributed by atoms with E-state index >= 15 is 0 Å². The van der Waals surface area contributed by atoms with Crippen molar-refractivity contribution in [2.75, 3.05) is 34.0 Å². The number of rotatable bonds is 8. The number of esters is 1. The molecule has 1 amide bonds. The van der Waals surface area contributed by atoms with E-state index in [9.17, 15) is 9.59 Å². The van der Waals surface area contributed by atoms with Crippen LogP contribution in [-0.4, -0.2) is 50.8 Å². The summed E-state index contributed by atoms with van der Waals surface area (Å²) >= 11 is 0. The third-order valence-electron chi connectivity index (χ3n) is 5.55. The number of ether oxygens (including phenoxy) is 4. The van der Waals surface area contributed by atoms with Crippen LogP contribution in [0.25, 0.3) is 0 Å². The summed E-state index contributed by atoms with van der Waals surface area (Å²) in [6.07, 6.45) is 0.735. The lowest BCUT2D eigenvalue weighted by Gasteiger charge is -2.38. The number of benzene rings is 2. The second kappa shape index (κ2) is 10.4. The first-order valence-electron chi connectivity index (χ1n) is 10.8. The molecule has 0 fully saturated rings. The van der Waals surface area contributed by atoms with Crippen LogP contribution in [0, 0.1) is 5.92 Å². The van der Waals surface area contributed by atoms with Crippen LogP contribution in [0.3, 0.4) is 0 Å². The van der Waals surface area contributed by atoms with Crippen LogP contribution in [0.15, 0.2) is 36.4 Å². The third-order valence-corrected chi connectivity index (χ3v) is 5.55. The maximum Gasteiger partial charge on any atom is 0.338 e. The quantitative estimate of drug-likeness (QED) is 0.576. The molecule has 0 aliphatic carbocycles. The number of amides is 1. The molecule has 0 N–H and O–H groups in total. The topological polar surface area (TPSA) is 74.3 Å². The van der Waals surface area contributed by atoms with Crippen molar-refractivity contribution in [3.63, 3.8) is 0 Å². The van der Waals surface area contributed by atoms with Gasteiger partial charge in [0.1, 0.15) is 12.4 Å². The molecule has 2 aromatic rings. The van der Waals surface area contributed by atoms with Crippen molar-refractivity contribution in [3.8, 4) is 17.2 Å². The van der Waals surface area contributed by atoms with E-state index in [0.717, 1.165) is 17.5 Å². The smallest absolute Gasteiger partial charge is 0.338 e. The van der Waals surface area contributed by atoms with Gasteiger partial charge in [-0.15, -0.1) is 0 Å². The highest BCUT2D eigenvalue weighted by molar-refractivity contribution is 5.89. The molecule has 1 aliphatic heterocycles. The van der Waals surface area contributed by atoms with Gasteiger partial charge in [-0.25, -0.2) is 4.79 Å². The van der Waals surface area contributed by atoms with Gasteiger partial charge >= 0.3 is 5.97 Å². The van der Waals surface area contributed by atoms with Gasteiger partial charge in [0.2, 0.25) is 5.91 Å². The Hall–Kier alpha value is -3.22. The highest BCUT2D eigenvalue weighted by atomic mass is 16.5. The highest BCUT2D eigenvalue weighted by Gasteiger charge is 2.33. The molecular weight excluding hydrogens is 410 g/mol. The maximum absolute atomic E-state index is 13.0. The molecule has 7 heteroatoms. The molecule has 0 aromatic heterocycles. The van der Waals surface area contributed by atoms with E-state index in [1.165, 1.54) is 0 Å². The number of hydrogen-bond acceptors (Lipinski definition) is 6. The Balaban J connectivity index is 1.87. The number of hydrogen-bond donors (Lipinski definition) is 0. The Labute approximate surface area is 189 Å². The van der Waals surface area contributed by atoms with Gasteiger partial charge in [-0.3, -0.25) is 4.79 Å². The van der Waals surface area contributed by atoms with E-state index in [4.69, 9.17) is 18.9 Å². The molecule has 2 aromatic carbocycles. The second-order valence-electron chi connectivity index (χ2n) is 7.91. The molecule has 0 saturated carbocycles. The van der Waals surface area contributed by atoms with E-state index in [2.05, 4.69) is 0 Å². The zero-order valence-electron chi connectivity index (χ0n) is 19.3. The Morgan fingerprint density at radius 3 is 2.31 bits per heavy atom. The van der Waals surface area contributed by atoms with Crippen LogP contribution in [-0.2, 0) is 16.0 Å². The first-order valence-corrected chi connectivity index (χ1v) is 10.8. The summed E-state index contributed by atoms with van der Waals surface area (Å²) in [5.74, 6) is 1.50. The van der Waals surface area contributed by atoms with Gasteiger partial charge in [0.25, 0.3) is 0 Å². The van der Waals surface area contributed by atoms with Crippen LogP contribution in [0.1, 0.15) is 48.3 Å². The number of carbonyl (C=O) groups excluding carboxylic acids is 2. The molecule has 3 rings (SSSR count). The zero-order chi connectivity index (χ0) is 23.3. The molecule has 0 bridgehead atoms. The summed E-state index contributed by atoms with van der Waals surface area (Å²) in [7, 11) is 3.21. The molecule has 172 valence electrons. The van der Waals surface area contributed by atoms with Crippen molar-refractivity contribution in [1.29, 1.82) is 0 Å². The predicted octanol–water partition coefficient (Wildman–Crippen LogP) is 4.04. The maximum atomic E-state index is 13.0. The van der Waals surface area contributed by atoms with Crippen molar-refractivity contribution >= 4 is 11.9 Å². The Bertz CT molecular complexity index is 954. The fourth-order valence-electron chi connectivity index (χ4n) is 3.88. The van der Waals surface area contributed by atoms with Crippen LogP contribution >= 0.6 is 0 Å². The molecule has 0 unspecified atom stereocenters. The van der Waals surface area contributed by atoms with E-state index < -0.39 is 0 Å². The van der Waals surface area contributed by atoms with E-state index in [-0.39, 0.29) is 30.4 Å². The molecular formula is C25H31NO6. The lowest BCUT2D eigenvalue weighted by atomic mass is 9.91. The molecule has 1 atom stereocenters. The first kappa shape index (κ1) is 23.4. The number of methoxy groups -OCH3 is 2. The van der Waals surface area contributed by atoms with Crippen molar-refractivity contribution in [2.24, 2.45) is 5.92 Å². The summed E-state index contributed by atoms with van der Waals surface area (Å²) in [6, 6.07) is 10.5. The van der Waals surface area contributed by atoms with Crippen LogP contribution in [0.4, 0.5) is 0 Å². The molecule has 0 radical (unpaired) electrons. The van der Waals surface area contributed by atoms with Crippen LogP contribution in [0.5, 0.6) is 17.2 Å². The van der Waals surface area contributed by atoms with Crippen molar-refractivity contribution in [3.05, 3.63) is 53.1 Å². The minimum atomic E-state index is -0.366. The minimum Gasteiger partial charge on any atom is -0.493 e.